The molecule has 1 fully saturated rings. The van der Waals surface area contributed by atoms with E-state index in [0.717, 1.165) is 42.4 Å². The molecule has 0 radical (unpaired) electrons. The van der Waals surface area contributed by atoms with Gasteiger partial charge in [-0.15, -0.1) is 0 Å². The minimum absolute atomic E-state index is 0.0621. The number of benzene rings is 1. The summed E-state index contributed by atoms with van der Waals surface area (Å²) < 4.78 is 26.1. The Balaban J connectivity index is 2.09. The molecule has 26 heavy (non-hydrogen) atoms. The normalized spacial score (nSPS) is 16.2. The smallest absolute Gasteiger partial charge is 0.232 e. The second-order valence-electron chi connectivity index (χ2n) is 7.59. The molecule has 0 aromatic heterocycles. The molecule has 1 N–H and O–H groups in total. The molecule has 1 aromatic carbocycles. The maximum Gasteiger partial charge on any atom is 0.232 e. The van der Waals surface area contributed by atoms with E-state index in [1.807, 2.05) is 32.9 Å². The molecule has 1 aliphatic rings. The molecule has 1 saturated carbocycles. The lowest BCUT2D eigenvalue weighted by atomic mass is 10.0. The molecular formula is C20H32N2O3S. The van der Waals surface area contributed by atoms with Crippen molar-refractivity contribution in [2.45, 2.75) is 71.8 Å². The minimum atomic E-state index is -3.46. The molecule has 5 nitrogen and oxygen atoms in total. The van der Waals surface area contributed by atoms with E-state index in [2.05, 4.69) is 5.32 Å². The largest absolute Gasteiger partial charge is 0.353 e. The van der Waals surface area contributed by atoms with Gasteiger partial charge in [-0.25, -0.2) is 8.42 Å². The zero-order valence-corrected chi connectivity index (χ0v) is 17.3. The first-order valence-electron chi connectivity index (χ1n) is 9.53. The molecule has 6 heteroatoms. The van der Waals surface area contributed by atoms with Crippen molar-refractivity contribution < 1.29 is 13.2 Å². The number of anilines is 1. The van der Waals surface area contributed by atoms with Crippen molar-refractivity contribution in [3.63, 3.8) is 0 Å². The fourth-order valence-corrected chi connectivity index (χ4v) is 4.98. The fourth-order valence-electron chi connectivity index (χ4n) is 3.94. The SMILES string of the molecule is Cc1cc(C)c(N(CCC(=O)NC2CCCCCC2)S(C)(=O)=O)c(C)c1. The number of aryl methyl sites for hydroxylation is 3. The van der Waals surface area contributed by atoms with E-state index in [-0.39, 0.29) is 24.9 Å². The highest BCUT2D eigenvalue weighted by molar-refractivity contribution is 7.92. The van der Waals surface area contributed by atoms with Gasteiger partial charge >= 0.3 is 0 Å². The van der Waals surface area contributed by atoms with Gasteiger partial charge in [0.05, 0.1) is 11.9 Å². The number of hydrogen-bond acceptors (Lipinski definition) is 3. The van der Waals surface area contributed by atoms with Crippen LogP contribution in [-0.2, 0) is 14.8 Å². The number of hydrogen-bond donors (Lipinski definition) is 1. The predicted molar refractivity (Wildman–Crippen MR) is 107 cm³/mol. The van der Waals surface area contributed by atoms with Gasteiger partial charge in [0.1, 0.15) is 0 Å². The summed E-state index contributed by atoms with van der Waals surface area (Å²) in [7, 11) is -3.46. The summed E-state index contributed by atoms with van der Waals surface area (Å²) in [5.41, 5.74) is 3.62. The van der Waals surface area contributed by atoms with Gasteiger partial charge in [0, 0.05) is 19.0 Å². The van der Waals surface area contributed by atoms with Crippen LogP contribution >= 0.6 is 0 Å². The van der Waals surface area contributed by atoms with Gasteiger partial charge in [0.15, 0.2) is 0 Å². The zero-order valence-electron chi connectivity index (χ0n) is 16.5. The van der Waals surface area contributed by atoms with Crippen molar-refractivity contribution in [1.29, 1.82) is 0 Å². The molecule has 146 valence electrons. The molecule has 1 amide bonds. The lowest BCUT2D eigenvalue weighted by Gasteiger charge is -2.26. The zero-order chi connectivity index (χ0) is 19.3. The quantitative estimate of drug-likeness (QED) is 0.767. The lowest BCUT2D eigenvalue weighted by Crippen LogP contribution is -2.38. The van der Waals surface area contributed by atoms with Crippen LogP contribution in [0, 0.1) is 20.8 Å². The van der Waals surface area contributed by atoms with E-state index in [9.17, 15) is 13.2 Å². The number of amides is 1. The summed E-state index contributed by atoms with van der Waals surface area (Å²) in [5.74, 6) is -0.0621. The van der Waals surface area contributed by atoms with Crippen molar-refractivity contribution in [3.05, 3.63) is 28.8 Å². The molecule has 0 unspecified atom stereocenters. The summed E-state index contributed by atoms with van der Waals surface area (Å²) in [6.07, 6.45) is 8.21. The van der Waals surface area contributed by atoms with Crippen LogP contribution in [0.25, 0.3) is 0 Å². The van der Waals surface area contributed by atoms with E-state index >= 15 is 0 Å². The maximum absolute atomic E-state index is 12.4. The molecule has 0 bridgehead atoms. The van der Waals surface area contributed by atoms with Crippen molar-refractivity contribution in [2.75, 3.05) is 17.1 Å². The standard InChI is InChI=1S/C20H32N2O3S/c1-15-13-16(2)20(17(3)14-15)22(26(4,24)25)12-11-19(23)21-18-9-7-5-6-8-10-18/h13-14,18H,5-12H2,1-4H3,(H,21,23). The lowest BCUT2D eigenvalue weighted by molar-refractivity contribution is -0.121. The second-order valence-corrected chi connectivity index (χ2v) is 9.50. The van der Waals surface area contributed by atoms with E-state index < -0.39 is 10.0 Å². The van der Waals surface area contributed by atoms with Gasteiger partial charge in [-0.1, -0.05) is 43.4 Å². The molecule has 0 spiro atoms. The minimum Gasteiger partial charge on any atom is -0.353 e. The van der Waals surface area contributed by atoms with Crippen molar-refractivity contribution in [1.82, 2.24) is 5.32 Å². The van der Waals surface area contributed by atoms with Crippen molar-refractivity contribution in [2.24, 2.45) is 0 Å². The molecule has 0 atom stereocenters. The number of nitrogens with zero attached hydrogens (tertiary/aromatic N) is 1. The Morgan fingerprint density at radius 3 is 2.12 bits per heavy atom. The van der Waals surface area contributed by atoms with E-state index in [1.165, 1.54) is 23.4 Å². The van der Waals surface area contributed by atoms with E-state index in [0.29, 0.717) is 5.69 Å². The third-order valence-electron chi connectivity index (χ3n) is 5.05. The van der Waals surface area contributed by atoms with Gasteiger partial charge in [0.2, 0.25) is 15.9 Å². The Bertz CT molecular complexity index is 712. The highest BCUT2D eigenvalue weighted by atomic mass is 32.2. The van der Waals surface area contributed by atoms with Gasteiger partial charge in [-0.2, -0.15) is 0 Å². The number of sulfonamides is 1. The van der Waals surface area contributed by atoms with E-state index in [4.69, 9.17) is 0 Å². The number of carbonyl (C=O) groups excluding carboxylic acids is 1. The number of carbonyl (C=O) groups is 1. The Labute approximate surface area is 158 Å². The predicted octanol–water partition coefficient (Wildman–Crippen LogP) is 3.61. The van der Waals surface area contributed by atoms with Crippen molar-refractivity contribution >= 4 is 21.6 Å². The number of rotatable bonds is 6. The van der Waals surface area contributed by atoms with Crippen LogP contribution in [0.2, 0.25) is 0 Å². The summed E-state index contributed by atoms with van der Waals surface area (Å²) >= 11 is 0. The van der Waals surface area contributed by atoms with Crippen LogP contribution in [-0.4, -0.2) is 33.2 Å². The number of nitrogens with one attached hydrogen (secondary N) is 1. The second kappa shape index (κ2) is 8.89. The van der Waals surface area contributed by atoms with Gasteiger partial charge in [-0.3, -0.25) is 9.10 Å². The molecule has 0 aliphatic heterocycles. The molecule has 1 aromatic rings. The van der Waals surface area contributed by atoms with Gasteiger partial charge < -0.3 is 5.32 Å². The average molecular weight is 381 g/mol. The van der Waals surface area contributed by atoms with Crippen LogP contribution in [0.15, 0.2) is 12.1 Å². The third-order valence-corrected chi connectivity index (χ3v) is 6.21. The Morgan fingerprint density at radius 1 is 1.08 bits per heavy atom. The molecule has 2 rings (SSSR count). The van der Waals surface area contributed by atoms with Crippen LogP contribution < -0.4 is 9.62 Å². The maximum atomic E-state index is 12.4. The van der Waals surface area contributed by atoms with Crippen LogP contribution in [0.4, 0.5) is 5.69 Å². The van der Waals surface area contributed by atoms with Gasteiger partial charge in [-0.05, 0) is 44.7 Å². The first-order valence-corrected chi connectivity index (χ1v) is 11.4. The summed E-state index contributed by atoms with van der Waals surface area (Å²) in [4.78, 5) is 12.4. The molecule has 0 saturated heterocycles. The molecule has 0 heterocycles. The summed E-state index contributed by atoms with van der Waals surface area (Å²) in [6.45, 7) is 6.00. The summed E-state index contributed by atoms with van der Waals surface area (Å²) in [5, 5.41) is 3.10. The highest BCUT2D eigenvalue weighted by Gasteiger charge is 2.23. The van der Waals surface area contributed by atoms with Crippen LogP contribution in [0.5, 0.6) is 0 Å². The van der Waals surface area contributed by atoms with Crippen LogP contribution in [0.1, 0.15) is 61.6 Å². The third kappa shape index (κ3) is 5.73. The molecular weight excluding hydrogens is 348 g/mol. The van der Waals surface area contributed by atoms with E-state index in [1.54, 1.807) is 0 Å². The monoisotopic (exact) mass is 380 g/mol. The van der Waals surface area contributed by atoms with Crippen LogP contribution in [0.3, 0.4) is 0 Å². The summed E-state index contributed by atoms with van der Waals surface area (Å²) in [6, 6.07) is 4.19. The first kappa shape index (κ1) is 20.7. The average Bonchev–Trinajstić information content (AvgIpc) is 2.77. The fraction of sp³-hybridized carbons (Fsp3) is 0.650. The topological polar surface area (TPSA) is 66.5 Å². The Hall–Kier alpha value is -1.56. The van der Waals surface area contributed by atoms with Gasteiger partial charge in [0.25, 0.3) is 0 Å². The first-order chi connectivity index (χ1) is 12.2. The Kier molecular flexibility index (Phi) is 7.09. The highest BCUT2D eigenvalue weighted by Crippen LogP contribution is 2.28. The molecule has 1 aliphatic carbocycles. The Morgan fingerprint density at radius 2 is 1.62 bits per heavy atom. The van der Waals surface area contributed by atoms with Crippen molar-refractivity contribution in [3.8, 4) is 0 Å².